The molecule has 0 fully saturated rings. The number of hydrogen-bond acceptors (Lipinski definition) is 6. The van der Waals surface area contributed by atoms with Gasteiger partial charge in [-0.2, -0.15) is 0 Å². The molecule has 0 amide bonds. The van der Waals surface area contributed by atoms with Crippen molar-refractivity contribution in [2.24, 2.45) is 0 Å². The standard InChI is InChI=1S/C12H8N2O3S2/c15-14(16)11-5-8(6-18-11)7-19-12-13-9-3-1-2-4-10(9)17-12/h1-6H,7H2. The molecule has 96 valence electrons. The Balaban J connectivity index is 1.72. The number of benzene rings is 1. The van der Waals surface area contributed by atoms with Crippen LogP contribution in [0.2, 0.25) is 0 Å². The number of thioether (sulfide) groups is 1. The molecule has 2 heterocycles. The van der Waals surface area contributed by atoms with Gasteiger partial charge in [0, 0.05) is 17.2 Å². The Morgan fingerprint density at radius 3 is 3.00 bits per heavy atom. The molecular formula is C12H8N2O3S2. The molecule has 0 atom stereocenters. The maximum Gasteiger partial charge on any atom is 0.324 e. The number of hydrogen-bond donors (Lipinski definition) is 0. The molecule has 2 aromatic heterocycles. The topological polar surface area (TPSA) is 69.2 Å². The number of rotatable bonds is 4. The smallest absolute Gasteiger partial charge is 0.324 e. The van der Waals surface area contributed by atoms with E-state index >= 15 is 0 Å². The van der Waals surface area contributed by atoms with Crippen molar-refractivity contribution in [1.29, 1.82) is 0 Å². The van der Waals surface area contributed by atoms with Crippen molar-refractivity contribution in [3.8, 4) is 0 Å². The van der Waals surface area contributed by atoms with Crippen molar-refractivity contribution in [1.82, 2.24) is 4.98 Å². The Morgan fingerprint density at radius 2 is 2.26 bits per heavy atom. The van der Waals surface area contributed by atoms with Crippen molar-refractivity contribution >= 4 is 39.2 Å². The van der Waals surface area contributed by atoms with Gasteiger partial charge in [-0.25, -0.2) is 4.98 Å². The fraction of sp³-hybridized carbons (Fsp3) is 0.0833. The summed E-state index contributed by atoms with van der Waals surface area (Å²) in [5, 5.41) is 13.1. The molecule has 0 saturated carbocycles. The number of nitro groups is 1. The van der Waals surface area contributed by atoms with Gasteiger partial charge in [0.1, 0.15) is 5.52 Å². The fourth-order valence-electron chi connectivity index (χ4n) is 1.59. The van der Waals surface area contributed by atoms with Gasteiger partial charge in [-0.15, -0.1) is 0 Å². The zero-order chi connectivity index (χ0) is 13.2. The lowest BCUT2D eigenvalue weighted by Crippen LogP contribution is -1.82. The van der Waals surface area contributed by atoms with E-state index in [1.54, 1.807) is 11.4 Å². The largest absolute Gasteiger partial charge is 0.431 e. The summed E-state index contributed by atoms with van der Waals surface area (Å²) in [7, 11) is 0. The van der Waals surface area contributed by atoms with Crippen LogP contribution in [0.4, 0.5) is 5.00 Å². The third kappa shape index (κ3) is 2.61. The van der Waals surface area contributed by atoms with Gasteiger partial charge in [-0.3, -0.25) is 10.1 Å². The summed E-state index contributed by atoms with van der Waals surface area (Å²) in [6, 6.07) is 9.13. The molecule has 0 bridgehead atoms. The lowest BCUT2D eigenvalue weighted by molar-refractivity contribution is -0.380. The van der Waals surface area contributed by atoms with Crippen molar-refractivity contribution < 1.29 is 9.34 Å². The van der Waals surface area contributed by atoms with Crippen molar-refractivity contribution in [2.75, 3.05) is 0 Å². The Bertz CT molecular complexity index is 702. The second-order valence-corrected chi connectivity index (χ2v) is 5.60. The second-order valence-electron chi connectivity index (χ2n) is 3.79. The normalized spacial score (nSPS) is 10.9. The molecule has 1 aromatic carbocycles. The van der Waals surface area contributed by atoms with E-state index in [1.165, 1.54) is 11.8 Å². The molecule has 0 N–H and O–H groups in total. The van der Waals surface area contributed by atoms with Crippen LogP contribution in [0.25, 0.3) is 11.1 Å². The molecule has 0 unspecified atom stereocenters. The maximum absolute atomic E-state index is 10.6. The molecule has 7 heteroatoms. The van der Waals surface area contributed by atoms with Gasteiger partial charge in [0.25, 0.3) is 5.22 Å². The summed E-state index contributed by atoms with van der Waals surface area (Å²) in [4.78, 5) is 14.5. The van der Waals surface area contributed by atoms with Gasteiger partial charge in [-0.05, 0) is 17.7 Å². The van der Waals surface area contributed by atoms with Crippen molar-refractivity contribution in [3.63, 3.8) is 0 Å². The van der Waals surface area contributed by atoms with Crippen LogP contribution in [-0.4, -0.2) is 9.91 Å². The molecule has 5 nitrogen and oxygen atoms in total. The van der Waals surface area contributed by atoms with E-state index in [9.17, 15) is 10.1 Å². The van der Waals surface area contributed by atoms with E-state index < -0.39 is 0 Å². The predicted molar refractivity (Wildman–Crippen MR) is 74.5 cm³/mol. The molecule has 0 aliphatic carbocycles. The first kappa shape index (κ1) is 12.2. The quantitative estimate of drug-likeness (QED) is 0.411. The van der Waals surface area contributed by atoms with E-state index in [-0.39, 0.29) is 9.92 Å². The molecular weight excluding hydrogens is 284 g/mol. The van der Waals surface area contributed by atoms with Gasteiger partial charge in [0.05, 0.1) is 4.92 Å². The van der Waals surface area contributed by atoms with Crippen LogP contribution in [-0.2, 0) is 5.75 Å². The van der Waals surface area contributed by atoms with Crippen LogP contribution < -0.4 is 0 Å². The zero-order valence-corrected chi connectivity index (χ0v) is 11.2. The Morgan fingerprint density at radius 1 is 1.42 bits per heavy atom. The Hall–Kier alpha value is -1.86. The lowest BCUT2D eigenvalue weighted by atomic mass is 10.3. The minimum Gasteiger partial charge on any atom is -0.431 e. The van der Waals surface area contributed by atoms with E-state index in [2.05, 4.69) is 4.98 Å². The first-order valence-electron chi connectivity index (χ1n) is 5.42. The Labute approximate surface area is 116 Å². The average molecular weight is 292 g/mol. The zero-order valence-electron chi connectivity index (χ0n) is 9.61. The highest BCUT2D eigenvalue weighted by Crippen LogP contribution is 2.29. The van der Waals surface area contributed by atoms with Gasteiger partial charge < -0.3 is 4.42 Å². The number of fused-ring (bicyclic) bond motifs is 1. The molecule has 0 spiro atoms. The minimum absolute atomic E-state index is 0.160. The highest BCUT2D eigenvalue weighted by molar-refractivity contribution is 7.98. The van der Waals surface area contributed by atoms with Crippen molar-refractivity contribution in [2.45, 2.75) is 11.0 Å². The highest BCUT2D eigenvalue weighted by Gasteiger charge is 2.11. The van der Waals surface area contributed by atoms with Crippen molar-refractivity contribution in [3.05, 3.63) is 51.4 Å². The molecule has 0 radical (unpaired) electrons. The minimum atomic E-state index is -0.377. The molecule has 3 aromatic rings. The van der Waals surface area contributed by atoms with Crippen LogP contribution in [0.15, 0.2) is 45.4 Å². The van der Waals surface area contributed by atoms with E-state index in [1.807, 2.05) is 24.3 Å². The molecule has 3 rings (SSSR count). The molecule has 0 aliphatic rings. The summed E-state index contributed by atoms with van der Waals surface area (Å²) in [6.45, 7) is 0. The van der Waals surface area contributed by atoms with Crippen LogP contribution >= 0.6 is 23.1 Å². The lowest BCUT2D eigenvalue weighted by Gasteiger charge is -1.91. The fourth-order valence-corrected chi connectivity index (χ4v) is 3.19. The predicted octanol–water partition coefficient (Wildman–Crippen LogP) is 4.09. The summed E-state index contributed by atoms with van der Waals surface area (Å²) >= 11 is 2.56. The molecule has 0 saturated heterocycles. The highest BCUT2D eigenvalue weighted by atomic mass is 32.2. The summed E-state index contributed by atoms with van der Waals surface area (Å²) in [6.07, 6.45) is 0. The van der Waals surface area contributed by atoms with Gasteiger partial charge in [-0.1, -0.05) is 35.2 Å². The van der Waals surface area contributed by atoms with E-state index in [0.717, 1.165) is 28.0 Å². The summed E-state index contributed by atoms with van der Waals surface area (Å²) < 4.78 is 5.57. The second kappa shape index (κ2) is 5.02. The van der Waals surface area contributed by atoms with Gasteiger partial charge in [0.15, 0.2) is 5.58 Å². The maximum atomic E-state index is 10.6. The molecule has 0 aliphatic heterocycles. The number of oxazole rings is 1. The number of para-hydroxylation sites is 2. The van der Waals surface area contributed by atoms with Crippen LogP contribution in [0.3, 0.4) is 0 Å². The van der Waals surface area contributed by atoms with Crippen LogP contribution in [0, 0.1) is 10.1 Å². The SMILES string of the molecule is O=[N+]([O-])c1cc(CSc2nc3ccccc3o2)cs1. The number of thiophene rings is 1. The first-order valence-corrected chi connectivity index (χ1v) is 7.29. The van der Waals surface area contributed by atoms with Crippen LogP contribution in [0.5, 0.6) is 0 Å². The van der Waals surface area contributed by atoms with E-state index in [0.29, 0.717) is 11.0 Å². The third-order valence-electron chi connectivity index (χ3n) is 2.46. The van der Waals surface area contributed by atoms with Gasteiger partial charge in [0.2, 0.25) is 0 Å². The summed E-state index contributed by atoms with van der Waals surface area (Å²) in [5.74, 6) is 0.608. The molecule has 19 heavy (non-hydrogen) atoms. The monoisotopic (exact) mass is 292 g/mol. The summed E-state index contributed by atoms with van der Waals surface area (Å²) in [5.41, 5.74) is 2.48. The van der Waals surface area contributed by atoms with Gasteiger partial charge >= 0.3 is 5.00 Å². The van der Waals surface area contributed by atoms with Crippen LogP contribution in [0.1, 0.15) is 5.56 Å². The first-order chi connectivity index (χ1) is 9.22. The average Bonchev–Trinajstić information content (AvgIpc) is 3.02. The Kier molecular flexibility index (Phi) is 3.22. The number of aromatic nitrogens is 1. The number of nitrogens with zero attached hydrogens (tertiary/aromatic N) is 2. The van der Waals surface area contributed by atoms with E-state index in [4.69, 9.17) is 4.42 Å². The third-order valence-corrected chi connectivity index (χ3v) is 4.28.